The van der Waals surface area contributed by atoms with Gasteiger partial charge >= 0.3 is 0 Å². The van der Waals surface area contributed by atoms with Crippen LogP contribution in [0.25, 0.3) is 0 Å². The normalized spacial score (nSPS) is 24.2. The largest absolute Gasteiger partial charge is 0.317 e. The SMILES string of the molecule is CCNCC1CCCCCC1c1cc(C)ccc1F. The molecule has 1 nitrogen and oxygen atoms in total. The highest BCUT2D eigenvalue weighted by Crippen LogP contribution is 2.37. The molecule has 1 aromatic rings. The smallest absolute Gasteiger partial charge is 0.126 e. The van der Waals surface area contributed by atoms with Crippen molar-refractivity contribution in [1.29, 1.82) is 0 Å². The van der Waals surface area contributed by atoms with Crippen molar-refractivity contribution in [1.82, 2.24) is 5.32 Å². The first-order chi connectivity index (χ1) is 9.22. The second kappa shape index (κ2) is 7.04. The number of aryl methyl sites for hydroxylation is 1. The van der Waals surface area contributed by atoms with Gasteiger partial charge in [-0.25, -0.2) is 4.39 Å². The third-order valence-corrected chi connectivity index (χ3v) is 4.37. The Morgan fingerprint density at radius 2 is 2.00 bits per heavy atom. The molecule has 1 N–H and O–H groups in total. The van der Waals surface area contributed by atoms with E-state index in [2.05, 4.69) is 25.2 Å². The van der Waals surface area contributed by atoms with Gasteiger partial charge in [0, 0.05) is 0 Å². The summed E-state index contributed by atoms with van der Waals surface area (Å²) in [5.41, 5.74) is 2.12. The van der Waals surface area contributed by atoms with E-state index < -0.39 is 0 Å². The molecule has 2 atom stereocenters. The summed E-state index contributed by atoms with van der Waals surface area (Å²) in [6.07, 6.45) is 6.19. The molecule has 1 saturated carbocycles. The monoisotopic (exact) mass is 263 g/mol. The predicted octanol–water partition coefficient (Wildman–Crippen LogP) is 4.41. The number of hydrogen-bond donors (Lipinski definition) is 1. The summed E-state index contributed by atoms with van der Waals surface area (Å²) in [5, 5.41) is 3.46. The molecule has 0 spiro atoms. The van der Waals surface area contributed by atoms with E-state index in [1.165, 1.54) is 31.2 Å². The van der Waals surface area contributed by atoms with Crippen molar-refractivity contribution < 1.29 is 4.39 Å². The Bertz CT molecular complexity index is 402. The first-order valence-corrected chi connectivity index (χ1v) is 7.69. The lowest BCUT2D eigenvalue weighted by atomic mass is 9.81. The molecule has 106 valence electrons. The first kappa shape index (κ1) is 14.5. The Balaban J connectivity index is 2.23. The summed E-state index contributed by atoms with van der Waals surface area (Å²) in [4.78, 5) is 0. The molecule has 1 aromatic carbocycles. The lowest BCUT2D eigenvalue weighted by molar-refractivity contribution is 0.369. The van der Waals surface area contributed by atoms with E-state index in [0.717, 1.165) is 25.1 Å². The molecule has 0 bridgehead atoms. The van der Waals surface area contributed by atoms with Crippen LogP contribution in [-0.2, 0) is 0 Å². The van der Waals surface area contributed by atoms with Gasteiger partial charge < -0.3 is 5.32 Å². The maximum Gasteiger partial charge on any atom is 0.126 e. The Morgan fingerprint density at radius 1 is 1.21 bits per heavy atom. The van der Waals surface area contributed by atoms with Gasteiger partial charge in [0.05, 0.1) is 0 Å². The molecule has 0 aliphatic heterocycles. The van der Waals surface area contributed by atoms with Crippen molar-refractivity contribution in [2.45, 2.75) is 51.9 Å². The topological polar surface area (TPSA) is 12.0 Å². The summed E-state index contributed by atoms with van der Waals surface area (Å²) in [6, 6.07) is 5.57. The third kappa shape index (κ3) is 3.79. The third-order valence-electron chi connectivity index (χ3n) is 4.37. The van der Waals surface area contributed by atoms with Crippen LogP contribution in [0.2, 0.25) is 0 Å². The zero-order chi connectivity index (χ0) is 13.7. The number of halogens is 1. The van der Waals surface area contributed by atoms with Crippen LogP contribution in [0.1, 0.15) is 56.1 Å². The lowest BCUT2D eigenvalue weighted by Gasteiger charge is -2.26. The minimum Gasteiger partial charge on any atom is -0.317 e. The Hall–Kier alpha value is -0.890. The lowest BCUT2D eigenvalue weighted by Crippen LogP contribution is -2.27. The van der Waals surface area contributed by atoms with E-state index in [0.29, 0.717) is 11.8 Å². The van der Waals surface area contributed by atoms with E-state index in [-0.39, 0.29) is 5.82 Å². The Morgan fingerprint density at radius 3 is 2.79 bits per heavy atom. The molecule has 0 saturated heterocycles. The molecule has 2 unspecified atom stereocenters. The van der Waals surface area contributed by atoms with Crippen LogP contribution in [0, 0.1) is 18.7 Å². The van der Waals surface area contributed by atoms with Crippen molar-refractivity contribution in [3.05, 3.63) is 35.1 Å². The molecule has 0 amide bonds. The maximum absolute atomic E-state index is 14.2. The predicted molar refractivity (Wildman–Crippen MR) is 79.0 cm³/mol. The van der Waals surface area contributed by atoms with Crippen molar-refractivity contribution in [2.24, 2.45) is 5.92 Å². The second-order valence-corrected chi connectivity index (χ2v) is 5.84. The minimum absolute atomic E-state index is 0.0148. The average Bonchev–Trinajstić information content (AvgIpc) is 2.64. The summed E-state index contributed by atoms with van der Waals surface area (Å²) < 4.78 is 14.2. The Kier molecular flexibility index (Phi) is 5.38. The van der Waals surface area contributed by atoms with E-state index in [9.17, 15) is 4.39 Å². The standard InChI is InChI=1S/C17H26FN/c1-3-19-12-14-7-5-4-6-8-15(14)16-11-13(2)9-10-17(16)18/h9-11,14-15,19H,3-8,12H2,1-2H3. The highest BCUT2D eigenvalue weighted by Gasteiger charge is 2.26. The molecule has 2 heteroatoms. The molecule has 0 aromatic heterocycles. The van der Waals surface area contributed by atoms with Gasteiger partial charge in [0.15, 0.2) is 0 Å². The molecular formula is C17H26FN. The number of rotatable bonds is 4. The van der Waals surface area contributed by atoms with Crippen LogP contribution in [0.15, 0.2) is 18.2 Å². The van der Waals surface area contributed by atoms with Crippen LogP contribution in [0.5, 0.6) is 0 Å². The summed E-state index contributed by atoms with van der Waals surface area (Å²) in [7, 11) is 0. The minimum atomic E-state index is -0.0148. The van der Waals surface area contributed by atoms with Gasteiger partial charge in [-0.15, -0.1) is 0 Å². The highest BCUT2D eigenvalue weighted by atomic mass is 19.1. The van der Waals surface area contributed by atoms with Gasteiger partial charge in [0.25, 0.3) is 0 Å². The molecule has 0 radical (unpaired) electrons. The number of hydrogen-bond acceptors (Lipinski definition) is 1. The zero-order valence-electron chi connectivity index (χ0n) is 12.2. The van der Waals surface area contributed by atoms with Gasteiger partial charge in [0.1, 0.15) is 5.82 Å². The first-order valence-electron chi connectivity index (χ1n) is 7.69. The fourth-order valence-corrected chi connectivity index (χ4v) is 3.32. The van der Waals surface area contributed by atoms with Crippen LogP contribution >= 0.6 is 0 Å². The number of nitrogens with one attached hydrogen (secondary N) is 1. The number of benzene rings is 1. The van der Waals surface area contributed by atoms with E-state index in [1.54, 1.807) is 6.07 Å². The molecule has 19 heavy (non-hydrogen) atoms. The van der Waals surface area contributed by atoms with Crippen LogP contribution < -0.4 is 5.32 Å². The Labute approximate surface area is 116 Å². The molecule has 2 rings (SSSR count). The fraction of sp³-hybridized carbons (Fsp3) is 0.647. The summed E-state index contributed by atoms with van der Waals surface area (Å²) in [6.45, 7) is 6.21. The van der Waals surface area contributed by atoms with Gasteiger partial charge in [-0.05, 0) is 56.3 Å². The molecule has 1 aliphatic rings. The van der Waals surface area contributed by atoms with Gasteiger partial charge in [0.2, 0.25) is 0 Å². The van der Waals surface area contributed by atoms with Crippen LogP contribution in [0.4, 0.5) is 4.39 Å². The quantitative estimate of drug-likeness (QED) is 0.794. The van der Waals surface area contributed by atoms with Gasteiger partial charge in [-0.3, -0.25) is 0 Å². The van der Waals surface area contributed by atoms with E-state index >= 15 is 0 Å². The van der Waals surface area contributed by atoms with Crippen LogP contribution in [-0.4, -0.2) is 13.1 Å². The van der Waals surface area contributed by atoms with Crippen molar-refractivity contribution in [3.8, 4) is 0 Å². The molecule has 1 aliphatic carbocycles. The highest BCUT2D eigenvalue weighted by molar-refractivity contribution is 5.28. The zero-order valence-corrected chi connectivity index (χ0v) is 12.2. The van der Waals surface area contributed by atoms with Gasteiger partial charge in [-0.1, -0.05) is 43.9 Å². The maximum atomic E-state index is 14.2. The molecule has 1 fully saturated rings. The van der Waals surface area contributed by atoms with Crippen molar-refractivity contribution in [3.63, 3.8) is 0 Å². The summed E-state index contributed by atoms with van der Waals surface area (Å²) >= 11 is 0. The van der Waals surface area contributed by atoms with Crippen molar-refractivity contribution in [2.75, 3.05) is 13.1 Å². The second-order valence-electron chi connectivity index (χ2n) is 5.84. The van der Waals surface area contributed by atoms with Crippen LogP contribution in [0.3, 0.4) is 0 Å². The van der Waals surface area contributed by atoms with E-state index in [4.69, 9.17) is 0 Å². The molecular weight excluding hydrogens is 237 g/mol. The van der Waals surface area contributed by atoms with Gasteiger partial charge in [-0.2, -0.15) is 0 Å². The summed E-state index contributed by atoms with van der Waals surface area (Å²) in [5.74, 6) is 0.958. The van der Waals surface area contributed by atoms with Crippen molar-refractivity contribution >= 4 is 0 Å². The molecule has 0 heterocycles. The fourth-order valence-electron chi connectivity index (χ4n) is 3.32. The average molecular weight is 263 g/mol. The van der Waals surface area contributed by atoms with E-state index in [1.807, 2.05) is 6.07 Å².